The molecule has 2 aromatic rings. The molecule has 1 aromatic heterocycles. The Morgan fingerprint density at radius 2 is 2.07 bits per heavy atom. The minimum absolute atomic E-state index is 0.526. The van der Waals surface area contributed by atoms with Crippen LogP contribution in [0.2, 0.25) is 0 Å². The third kappa shape index (κ3) is 2.46. The minimum atomic E-state index is 0.526. The van der Waals surface area contributed by atoms with Crippen molar-refractivity contribution in [2.75, 3.05) is 0 Å². The molecule has 0 aliphatic rings. The van der Waals surface area contributed by atoms with Crippen molar-refractivity contribution in [1.82, 2.24) is 9.55 Å². The second kappa shape index (κ2) is 4.59. The number of hydrogen-bond donors (Lipinski definition) is 1. The van der Waals surface area contributed by atoms with Crippen molar-refractivity contribution in [2.24, 2.45) is 0 Å². The lowest BCUT2D eigenvalue weighted by Crippen LogP contribution is -2.06. The highest BCUT2D eigenvalue weighted by Gasteiger charge is 2.04. The predicted molar refractivity (Wildman–Crippen MR) is 68.5 cm³/mol. The molecule has 0 saturated carbocycles. The molecule has 0 saturated heterocycles. The third-order valence-electron chi connectivity index (χ3n) is 2.13. The maximum absolute atomic E-state index is 5.01. The Kier molecular flexibility index (Phi) is 3.18. The molecular weight excluding hydrogens is 224 g/mol. The fourth-order valence-corrected chi connectivity index (χ4v) is 1.77. The average Bonchev–Trinajstić information content (AvgIpc) is 2.67. The Morgan fingerprint density at radius 1 is 1.33 bits per heavy atom. The number of thiocarbonyl (C=S) groups is 1. The first-order chi connectivity index (χ1) is 7.27. The number of hydrogen-bond acceptors (Lipinski definition) is 2. The van der Waals surface area contributed by atoms with Crippen molar-refractivity contribution < 1.29 is 0 Å². The molecule has 1 aromatic carbocycles. The molecule has 0 fully saturated rings. The van der Waals surface area contributed by atoms with E-state index in [1.165, 1.54) is 5.56 Å². The molecule has 0 N–H and O–H groups in total. The Morgan fingerprint density at radius 3 is 2.73 bits per heavy atom. The van der Waals surface area contributed by atoms with Crippen LogP contribution in [0.1, 0.15) is 11.4 Å². The van der Waals surface area contributed by atoms with Gasteiger partial charge in [-0.3, -0.25) is 4.57 Å². The second-order valence-electron chi connectivity index (χ2n) is 3.16. The lowest BCUT2D eigenvalue weighted by Gasteiger charge is -2.04. The summed E-state index contributed by atoms with van der Waals surface area (Å²) < 4.78 is 2.34. The summed E-state index contributed by atoms with van der Waals surface area (Å²) in [5.41, 5.74) is 1.22. The monoisotopic (exact) mass is 234 g/mol. The lowest BCUT2D eigenvalue weighted by atomic mass is 10.1. The molecule has 0 atom stereocenters. The normalized spacial score (nSPS) is 10.2. The quantitative estimate of drug-likeness (QED) is 0.635. The Hall–Kier alpha value is -1.13. The number of rotatable bonds is 2. The summed E-state index contributed by atoms with van der Waals surface area (Å²) in [5.74, 6) is 0.918. The van der Waals surface area contributed by atoms with Gasteiger partial charge in [-0.25, -0.2) is 4.98 Å². The highest BCUT2D eigenvalue weighted by molar-refractivity contribution is 8.11. The summed E-state index contributed by atoms with van der Waals surface area (Å²) in [4.78, 5) is 4.26. The van der Waals surface area contributed by atoms with Crippen LogP contribution in [-0.4, -0.2) is 13.9 Å². The maximum Gasteiger partial charge on any atom is 0.142 e. The lowest BCUT2D eigenvalue weighted by molar-refractivity contribution is 0.968. The standard InChI is InChI=1S/C11H10N2S2/c14-11(15)13-7-6-12-10(13)8-9-4-2-1-3-5-9/h1-7H,8H2,(H,14,15). The van der Waals surface area contributed by atoms with E-state index in [1.807, 2.05) is 29.0 Å². The van der Waals surface area contributed by atoms with Gasteiger partial charge in [-0.1, -0.05) is 42.5 Å². The van der Waals surface area contributed by atoms with Gasteiger partial charge in [0.05, 0.1) is 0 Å². The molecule has 0 aliphatic heterocycles. The van der Waals surface area contributed by atoms with Crippen LogP contribution in [0.3, 0.4) is 0 Å². The number of imidazole rings is 1. The van der Waals surface area contributed by atoms with Crippen LogP contribution in [0.4, 0.5) is 0 Å². The van der Waals surface area contributed by atoms with Crippen molar-refractivity contribution in [1.29, 1.82) is 0 Å². The van der Waals surface area contributed by atoms with Gasteiger partial charge < -0.3 is 0 Å². The highest BCUT2D eigenvalue weighted by Crippen LogP contribution is 2.08. The van der Waals surface area contributed by atoms with Crippen LogP contribution < -0.4 is 0 Å². The fourth-order valence-electron chi connectivity index (χ4n) is 1.42. The van der Waals surface area contributed by atoms with Gasteiger partial charge in [0, 0.05) is 18.8 Å². The van der Waals surface area contributed by atoms with Crippen LogP contribution in [0, 0.1) is 0 Å². The van der Waals surface area contributed by atoms with Crippen molar-refractivity contribution in [3.8, 4) is 0 Å². The Labute approximate surface area is 99.4 Å². The molecule has 0 bridgehead atoms. The first-order valence-electron chi connectivity index (χ1n) is 4.57. The highest BCUT2D eigenvalue weighted by atomic mass is 32.1. The predicted octanol–water partition coefficient (Wildman–Crippen LogP) is 2.54. The first kappa shape index (κ1) is 10.4. The van der Waals surface area contributed by atoms with Crippen LogP contribution in [0.15, 0.2) is 42.7 Å². The van der Waals surface area contributed by atoms with Gasteiger partial charge in [0.15, 0.2) is 0 Å². The summed E-state index contributed by atoms with van der Waals surface area (Å²) in [7, 11) is 0. The maximum atomic E-state index is 5.01. The molecule has 1 heterocycles. The molecule has 0 spiro atoms. The Bertz CT molecular complexity index is 462. The molecule has 0 unspecified atom stereocenters. The first-order valence-corrected chi connectivity index (χ1v) is 5.42. The van der Waals surface area contributed by atoms with Crippen LogP contribution in [0.25, 0.3) is 0 Å². The molecule has 76 valence electrons. The van der Waals surface area contributed by atoms with Crippen LogP contribution in [-0.2, 0) is 6.42 Å². The summed E-state index contributed by atoms with van der Waals surface area (Å²) >= 11 is 9.15. The van der Waals surface area contributed by atoms with E-state index in [2.05, 4.69) is 29.7 Å². The van der Waals surface area contributed by atoms with Gasteiger partial charge in [0.2, 0.25) is 0 Å². The summed E-state index contributed by atoms with van der Waals surface area (Å²) in [5, 5.41) is 0. The largest absolute Gasteiger partial charge is 0.289 e. The van der Waals surface area contributed by atoms with Crippen molar-refractivity contribution in [2.45, 2.75) is 6.42 Å². The minimum Gasteiger partial charge on any atom is -0.289 e. The van der Waals surface area contributed by atoms with Gasteiger partial charge in [-0.15, -0.1) is 12.6 Å². The zero-order valence-electron chi connectivity index (χ0n) is 8.00. The fraction of sp³-hybridized carbons (Fsp3) is 0.0909. The second-order valence-corrected chi connectivity index (χ2v) is 4.27. The third-order valence-corrected chi connectivity index (χ3v) is 2.54. The summed E-state index contributed by atoms with van der Waals surface area (Å²) in [6.07, 6.45) is 4.34. The zero-order valence-corrected chi connectivity index (χ0v) is 9.71. The smallest absolute Gasteiger partial charge is 0.142 e. The van der Waals surface area contributed by atoms with Gasteiger partial charge >= 0.3 is 0 Å². The SMILES string of the molecule is S=C(S)n1ccnc1Cc1ccccc1. The van der Waals surface area contributed by atoms with E-state index in [0.717, 1.165) is 12.2 Å². The number of aromatic nitrogens is 2. The summed E-state index contributed by atoms with van der Waals surface area (Å²) in [6, 6.07) is 10.2. The molecule has 0 radical (unpaired) electrons. The van der Waals surface area contributed by atoms with E-state index >= 15 is 0 Å². The molecular formula is C11H10N2S2. The number of thiol groups is 1. The molecule has 4 heteroatoms. The van der Waals surface area contributed by atoms with Gasteiger partial charge in [0.25, 0.3) is 0 Å². The van der Waals surface area contributed by atoms with E-state index < -0.39 is 0 Å². The van der Waals surface area contributed by atoms with Gasteiger partial charge in [-0.05, 0) is 5.56 Å². The molecule has 15 heavy (non-hydrogen) atoms. The Balaban J connectivity index is 2.25. The molecule has 2 rings (SSSR count). The summed E-state index contributed by atoms with van der Waals surface area (Å²) in [6.45, 7) is 0. The van der Waals surface area contributed by atoms with Crippen molar-refractivity contribution in [3.05, 3.63) is 54.1 Å². The molecule has 0 amide bonds. The van der Waals surface area contributed by atoms with Crippen LogP contribution >= 0.6 is 24.8 Å². The number of benzene rings is 1. The van der Waals surface area contributed by atoms with E-state index in [-0.39, 0.29) is 0 Å². The van der Waals surface area contributed by atoms with Gasteiger partial charge in [-0.2, -0.15) is 0 Å². The van der Waals surface area contributed by atoms with E-state index in [0.29, 0.717) is 4.32 Å². The van der Waals surface area contributed by atoms with Gasteiger partial charge in [0.1, 0.15) is 10.1 Å². The van der Waals surface area contributed by atoms with E-state index in [4.69, 9.17) is 12.2 Å². The zero-order chi connectivity index (χ0) is 10.7. The van der Waals surface area contributed by atoms with E-state index in [1.54, 1.807) is 6.20 Å². The molecule has 2 nitrogen and oxygen atoms in total. The number of nitrogens with zero attached hydrogens (tertiary/aromatic N) is 2. The molecule has 0 aliphatic carbocycles. The van der Waals surface area contributed by atoms with Crippen molar-refractivity contribution >= 4 is 29.2 Å². The topological polar surface area (TPSA) is 17.8 Å². The average molecular weight is 234 g/mol. The van der Waals surface area contributed by atoms with Crippen LogP contribution in [0.5, 0.6) is 0 Å². The van der Waals surface area contributed by atoms with Crippen molar-refractivity contribution in [3.63, 3.8) is 0 Å². The van der Waals surface area contributed by atoms with E-state index in [9.17, 15) is 0 Å².